The fourth-order valence-corrected chi connectivity index (χ4v) is 1.65. The number of rotatable bonds is 5. The van der Waals surface area contributed by atoms with Crippen LogP contribution in [0, 0.1) is 6.92 Å². The Balaban J connectivity index is 2.70. The van der Waals surface area contributed by atoms with Crippen LogP contribution >= 0.6 is 11.6 Å². The molecule has 0 aliphatic carbocycles. The molecule has 0 amide bonds. The quantitative estimate of drug-likeness (QED) is 0.835. The van der Waals surface area contributed by atoms with Crippen molar-refractivity contribution in [3.63, 3.8) is 0 Å². The molecular weight excluding hydrogens is 210 g/mol. The third kappa shape index (κ3) is 3.73. The topological polar surface area (TPSA) is 21.3 Å². The molecular formula is C12H18ClNO. The molecule has 3 heteroatoms. The summed E-state index contributed by atoms with van der Waals surface area (Å²) >= 11 is 5.88. The standard InChI is InChI=1S/C12H18ClNO/c1-4-11(8-14-3)15-12-6-5-10(13)7-9(12)2/h5-7,11,14H,4,8H2,1-3H3. The van der Waals surface area contributed by atoms with Crippen molar-refractivity contribution in [1.29, 1.82) is 0 Å². The molecule has 1 unspecified atom stereocenters. The summed E-state index contributed by atoms with van der Waals surface area (Å²) in [6.07, 6.45) is 1.21. The Kier molecular flexibility index (Phi) is 4.92. The van der Waals surface area contributed by atoms with E-state index in [0.29, 0.717) is 0 Å². The fraction of sp³-hybridized carbons (Fsp3) is 0.500. The minimum absolute atomic E-state index is 0.217. The van der Waals surface area contributed by atoms with Crippen molar-refractivity contribution < 1.29 is 4.74 Å². The van der Waals surface area contributed by atoms with Crippen LogP contribution in [0.2, 0.25) is 5.02 Å². The van der Waals surface area contributed by atoms with Gasteiger partial charge in [0.05, 0.1) is 0 Å². The first-order chi connectivity index (χ1) is 7.17. The molecule has 1 N–H and O–H groups in total. The van der Waals surface area contributed by atoms with Crippen molar-refractivity contribution in [2.24, 2.45) is 0 Å². The second kappa shape index (κ2) is 5.99. The summed E-state index contributed by atoms with van der Waals surface area (Å²) in [7, 11) is 1.93. The van der Waals surface area contributed by atoms with Gasteiger partial charge >= 0.3 is 0 Å². The minimum Gasteiger partial charge on any atom is -0.489 e. The number of benzene rings is 1. The smallest absolute Gasteiger partial charge is 0.122 e. The van der Waals surface area contributed by atoms with Crippen LogP contribution < -0.4 is 10.1 Å². The summed E-state index contributed by atoms with van der Waals surface area (Å²) in [5.41, 5.74) is 1.08. The van der Waals surface area contributed by atoms with Gasteiger partial charge in [0.15, 0.2) is 0 Å². The predicted octanol–water partition coefficient (Wildman–Crippen LogP) is 3.03. The number of hydrogen-bond donors (Lipinski definition) is 1. The zero-order valence-corrected chi connectivity index (χ0v) is 10.3. The molecule has 0 heterocycles. The van der Waals surface area contributed by atoms with Crippen molar-refractivity contribution in [3.8, 4) is 5.75 Å². The largest absolute Gasteiger partial charge is 0.489 e. The highest BCUT2D eigenvalue weighted by Crippen LogP contribution is 2.23. The van der Waals surface area contributed by atoms with Crippen molar-refractivity contribution in [2.75, 3.05) is 13.6 Å². The molecule has 1 aromatic rings. The first-order valence-electron chi connectivity index (χ1n) is 5.24. The normalized spacial score (nSPS) is 12.5. The van der Waals surface area contributed by atoms with E-state index in [4.69, 9.17) is 16.3 Å². The third-order valence-corrected chi connectivity index (χ3v) is 2.55. The van der Waals surface area contributed by atoms with Gasteiger partial charge in [0.1, 0.15) is 11.9 Å². The first kappa shape index (κ1) is 12.3. The van der Waals surface area contributed by atoms with Gasteiger partial charge in [-0.3, -0.25) is 0 Å². The SMILES string of the molecule is CCC(CNC)Oc1ccc(Cl)cc1C. The average Bonchev–Trinajstić information content (AvgIpc) is 2.21. The second-order valence-electron chi connectivity index (χ2n) is 3.62. The highest BCUT2D eigenvalue weighted by atomic mass is 35.5. The average molecular weight is 228 g/mol. The van der Waals surface area contributed by atoms with Crippen LogP contribution in [0.25, 0.3) is 0 Å². The molecule has 1 aromatic carbocycles. The maximum atomic E-state index is 5.88. The highest BCUT2D eigenvalue weighted by Gasteiger charge is 2.08. The Labute approximate surface area is 96.6 Å². The van der Waals surface area contributed by atoms with Gasteiger partial charge in [-0.25, -0.2) is 0 Å². The van der Waals surface area contributed by atoms with Gasteiger partial charge in [0.25, 0.3) is 0 Å². The summed E-state index contributed by atoms with van der Waals surface area (Å²) < 4.78 is 5.87. The summed E-state index contributed by atoms with van der Waals surface area (Å²) in [6.45, 7) is 4.99. The molecule has 0 aliphatic heterocycles. The van der Waals surface area contributed by atoms with E-state index in [0.717, 1.165) is 29.3 Å². The first-order valence-corrected chi connectivity index (χ1v) is 5.62. The molecule has 0 saturated carbocycles. The van der Waals surface area contributed by atoms with E-state index >= 15 is 0 Å². The van der Waals surface area contributed by atoms with Crippen LogP contribution in [0.15, 0.2) is 18.2 Å². The van der Waals surface area contributed by atoms with Crippen LogP contribution in [0.1, 0.15) is 18.9 Å². The molecule has 2 nitrogen and oxygen atoms in total. The molecule has 15 heavy (non-hydrogen) atoms. The molecule has 0 saturated heterocycles. The Morgan fingerprint density at radius 3 is 2.73 bits per heavy atom. The summed E-state index contributed by atoms with van der Waals surface area (Å²) in [5.74, 6) is 0.918. The highest BCUT2D eigenvalue weighted by molar-refractivity contribution is 6.30. The molecule has 84 valence electrons. The van der Waals surface area contributed by atoms with Gasteiger partial charge in [0.2, 0.25) is 0 Å². The van der Waals surface area contributed by atoms with Crippen LogP contribution in [-0.4, -0.2) is 19.7 Å². The number of hydrogen-bond acceptors (Lipinski definition) is 2. The van der Waals surface area contributed by atoms with Gasteiger partial charge in [-0.15, -0.1) is 0 Å². The van der Waals surface area contributed by atoms with Gasteiger partial charge < -0.3 is 10.1 Å². The molecule has 0 radical (unpaired) electrons. The number of halogens is 1. The van der Waals surface area contributed by atoms with Crippen molar-refractivity contribution >= 4 is 11.6 Å². The maximum Gasteiger partial charge on any atom is 0.122 e. The molecule has 0 aromatic heterocycles. The second-order valence-corrected chi connectivity index (χ2v) is 4.05. The fourth-order valence-electron chi connectivity index (χ4n) is 1.42. The maximum absolute atomic E-state index is 5.88. The summed E-state index contributed by atoms with van der Waals surface area (Å²) in [5, 5.41) is 3.87. The van der Waals surface area contributed by atoms with Crippen molar-refractivity contribution in [1.82, 2.24) is 5.32 Å². The number of likely N-dealkylation sites (N-methyl/N-ethyl adjacent to an activating group) is 1. The Morgan fingerprint density at radius 1 is 1.47 bits per heavy atom. The number of ether oxygens (including phenoxy) is 1. The Hall–Kier alpha value is -0.730. The lowest BCUT2D eigenvalue weighted by molar-refractivity contribution is 0.195. The van der Waals surface area contributed by atoms with Crippen LogP contribution in [-0.2, 0) is 0 Å². The van der Waals surface area contributed by atoms with E-state index in [-0.39, 0.29) is 6.10 Å². The molecule has 0 spiro atoms. The summed E-state index contributed by atoms with van der Waals surface area (Å²) in [4.78, 5) is 0. The van der Waals surface area contributed by atoms with E-state index in [1.165, 1.54) is 0 Å². The monoisotopic (exact) mass is 227 g/mol. The van der Waals surface area contributed by atoms with Gasteiger partial charge in [0, 0.05) is 11.6 Å². The number of nitrogens with one attached hydrogen (secondary N) is 1. The summed E-state index contributed by atoms with van der Waals surface area (Å²) in [6, 6.07) is 5.70. The van der Waals surface area contributed by atoms with E-state index in [1.54, 1.807) is 0 Å². The van der Waals surface area contributed by atoms with Crippen LogP contribution in [0.4, 0.5) is 0 Å². The molecule has 0 bridgehead atoms. The predicted molar refractivity (Wildman–Crippen MR) is 64.8 cm³/mol. The molecule has 1 atom stereocenters. The van der Waals surface area contributed by atoms with E-state index < -0.39 is 0 Å². The van der Waals surface area contributed by atoms with E-state index in [2.05, 4.69) is 12.2 Å². The molecule has 1 rings (SSSR count). The van der Waals surface area contributed by atoms with Gasteiger partial charge in [-0.05, 0) is 44.2 Å². The van der Waals surface area contributed by atoms with Gasteiger partial charge in [-0.2, -0.15) is 0 Å². The third-order valence-electron chi connectivity index (χ3n) is 2.32. The van der Waals surface area contributed by atoms with Crippen LogP contribution in [0.5, 0.6) is 5.75 Å². The molecule has 0 fully saturated rings. The zero-order chi connectivity index (χ0) is 11.3. The van der Waals surface area contributed by atoms with E-state index in [1.807, 2.05) is 32.2 Å². The Bertz CT molecular complexity index is 314. The van der Waals surface area contributed by atoms with E-state index in [9.17, 15) is 0 Å². The molecule has 0 aliphatic rings. The number of aryl methyl sites for hydroxylation is 1. The lowest BCUT2D eigenvalue weighted by Crippen LogP contribution is -2.28. The van der Waals surface area contributed by atoms with Crippen LogP contribution in [0.3, 0.4) is 0 Å². The Morgan fingerprint density at radius 2 is 2.20 bits per heavy atom. The van der Waals surface area contributed by atoms with Gasteiger partial charge in [-0.1, -0.05) is 18.5 Å². The lowest BCUT2D eigenvalue weighted by Gasteiger charge is -2.18. The van der Waals surface area contributed by atoms with Crippen molar-refractivity contribution in [3.05, 3.63) is 28.8 Å². The minimum atomic E-state index is 0.217. The van der Waals surface area contributed by atoms with Crippen molar-refractivity contribution in [2.45, 2.75) is 26.4 Å². The lowest BCUT2D eigenvalue weighted by atomic mass is 10.2. The zero-order valence-electron chi connectivity index (χ0n) is 9.51.